The standard InChI is InChI=1S/C26H30N4O2S/c1-17(2)23(28-24(31)20-11-7-8-18(3)14-20)25(32)29-26-27-21-12-13-30(16-22(21)33-26)15-19-9-5-4-6-10-19/h4-11,14,17,23H,12-13,15-16H2,1-3H3,(H,28,31)(H,27,29,32). The van der Waals surface area contributed by atoms with Crippen LogP contribution >= 0.6 is 11.3 Å². The number of aryl methyl sites for hydroxylation is 1. The van der Waals surface area contributed by atoms with Crippen molar-refractivity contribution in [3.05, 3.63) is 81.9 Å². The highest BCUT2D eigenvalue weighted by molar-refractivity contribution is 7.15. The molecule has 1 aliphatic rings. The lowest BCUT2D eigenvalue weighted by molar-refractivity contribution is -0.118. The van der Waals surface area contributed by atoms with Crippen LogP contribution in [0.25, 0.3) is 0 Å². The van der Waals surface area contributed by atoms with Gasteiger partial charge in [-0.25, -0.2) is 4.98 Å². The number of nitrogens with one attached hydrogen (secondary N) is 2. The number of fused-ring (bicyclic) bond motifs is 1. The SMILES string of the molecule is Cc1cccc(C(=O)NC(C(=O)Nc2nc3c(s2)CN(Cc2ccccc2)CC3)C(C)C)c1. The van der Waals surface area contributed by atoms with E-state index in [1.807, 2.05) is 45.0 Å². The Morgan fingerprint density at radius 3 is 2.64 bits per heavy atom. The molecule has 4 rings (SSSR count). The monoisotopic (exact) mass is 462 g/mol. The second kappa shape index (κ2) is 10.3. The molecule has 1 unspecified atom stereocenters. The maximum Gasteiger partial charge on any atom is 0.251 e. The van der Waals surface area contributed by atoms with E-state index in [2.05, 4.69) is 44.8 Å². The van der Waals surface area contributed by atoms with Crippen LogP contribution in [-0.2, 0) is 24.3 Å². The van der Waals surface area contributed by atoms with E-state index in [4.69, 9.17) is 0 Å². The molecule has 0 bridgehead atoms. The molecule has 172 valence electrons. The first-order chi connectivity index (χ1) is 15.9. The molecule has 7 heteroatoms. The molecule has 0 saturated carbocycles. The number of benzene rings is 2. The zero-order valence-corrected chi connectivity index (χ0v) is 20.1. The second-order valence-corrected chi connectivity index (χ2v) is 9.97. The van der Waals surface area contributed by atoms with Gasteiger partial charge in [0.2, 0.25) is 5.91 Å². The average Bonchev–Trinajstić information content (AvgIpc) is 3.19. The maximum absolute atomic E-state index is 13.0. The van der Waals surface area contributed by atoms with Crippen molar-refractivity contribution >= 4 is 28.3 Å². The summed E-state index contributed by atoms with van der Waals surface area (Å²) in [4.78, 5) is 34.0. The van der Waals surface area contributed by atoms with E-state index < -0.39 is 6.04 Å². The van der Waals surface area contributed by atoms with Crippen LogP contribution in [0.2, 0.25) is 0 Å². The van der Waals surface area contributed by atoms with E-state index in [-0.39, 0.29) is 17.7 Å². The van der Waals surface area contributed by atoms with Gasteiger partial charge < -0.3 is 10.6 Å². The van der Waals surface area contributed by atoms with E-state index in [9.17, 15) is 9.59 Å². The topological polar surface area (TPSA) is 74.3 Å². The summed E-state index contributed by atoms with van der Waals surface area (Å²) in [6.45, 7) is 8.47. The zero-order chi connectivity index (χ0) is 23.4. The third kappa shape index (κ3) is 5.86. The van der Waals surface area contributed by atoms with Gasteiger partial charge in [0, 0.05) is 36.5 Å². The van der Waals surface area contributed by atoms with Crippen LogP contribution in [0.3, 0.4) is 0 Å². The largest absolute Gasteiger partial charge is 0.340 e. The molecule has 1 atom stereocenters. The molecule has 33 heavy (non-hydrogen) atoms. The Morgan fingerprint density at radius 1 is 1.12 bits per heavy atom. The fourth-order valence-electron chi connectivity index (χ4n) is 4.01. The lowest BCUT2D eigenvalue weighted by Gasteiger charge is -2.25. The summed E-state index contributed by atoms with van der Waals surface area (Å²) in [7, 11) is 0. The van der Waals surface area contributed by atoms with Crippen LogP contribution in [0, 0.1) is 12.8 Å². The summed E-state index contributed by atoms with van der Waals surface area (Å²) in [5.41, 5.74) is 3.91. The number of thiazole rings is 1. The number of carbonyl (C=O) groups excluding carboxylic acids is 2. The van der Waals surface area contributed by atoms with Crippen molar-refractivity contribution in [3.8, 4) is 0 Å². The lowest BCUT2D eigenvalue weighted by Crippen LogP contribution is -2.47. The second-order valence-electron chi connectivity index (χ2n) is 8.89. The molecule has 2 amide bonds. The van der Waals surface area contributed by atoms with Crippen molar-refractivity contribution < 1.29 is 9.59 Å². The Labute approximate surface area is 199 Å². The summed E-state index contributed by atoms with van der Waals surface area (Å²) in [6.07, 6.45) is 0.867. The third-order valence-corrected chi connectivity index (χ3v) is 6.80. The third-order valence-electron chi connectivity index (χ3n) is 5.81. The lowest BCUT2D eigenvalue weighted by atomic mass is 10.0. The van der Waals surface area contributed by atoms with Gasteiger partial charge in [-0.2, -0.15) is 0 Å². The summed E-state index contributed by atoms with van der Waals surface area (Å²) in [6, 6.07) is 17.2. The molecule has 2 N–H and O–H groups in total. The van der Waals surface area contributed by atoms with Gasteiger partial charge in [-0.15, -0.1) is 11.3 Å². The Morgan fingerprint density at radius 2 is 1.91 bits per heavy atom. The first-order valence-corrected chi connectivity index (χ1v) is 12.1. The van der Waals surface area contributed by atoms with Crippen LogP contribution in [-0.4, -0.2) is 34.3 Å². The Hall–Kier alpha value is -3.03. The van der Waals surface area contributed by atoms with E-state index in [1.54, 1.807) is 6.07 Å². The predicted molar refractivity (Wildman–Crippen MR) is 132 cm³/mol. The van der Waals surface area contributed by atoms with Gasteiger partial charge in [0.15, 0.2) is 5.13 Å². The first kappa shape index (κ1) is 23.1. The Bertz CT molecular complexity index is 1130. The van der Waals surface area contributed by atoms with Crippen LogP contribution in [0.1, 0.15) is 45.9 Å². The molecular weight excluding hydrogens is 432 g/mol. The zero-order valence-electron chi connectivity index (χ0n) is 19.3. The number of aromatic nitrogens is 1. The van der Waals surface area contributed by atoms with E-state index in [0.29, 0.717) is 10.7 Å². The molecule has 1 aliphatic heterocycles. The van der Waals surface area contributed by atoms with Crippen molar-refractivity contribution in [3.63, 3.8) is 0 Å². The molecule has 0 aliphatic carbocycles. The number of anilines is 1. The van der Waals surface area contributed by atoms with Crippen LogP contribution < -0.4 is 10.6 Å². The van der Waals surface area contributed by atoms with Gasteiger partial charge in [-0.1, -0.05) is 61.9 Å². The van der Waals surface area contributed by atoms with Crippen LogP contribution in [0.4, 0.5) is 5.13 Å². The minimum atomic E-state index is -0.645. The van der Waals surface area contributed by atoms with Crippen molar-refractivity contribution in [1.82, 2.24) is 15.2 Å². The highest BCUT2D eigenvalue weighted by Gasteiger charge is 2.27. The molecular formula is C26H30N4O2S. The molecule has 2 heterocycles. The number of amides is 2. The minimum absolute atomic E-state index is 0.0605. The predicted octanol–water partition coefficient (Wildman–Crippen LogP) is 4.40. The van der Waals surface area contributed by atoms with Gasteiger partial charge in [-0.3, -0.25) is 14.5 Å². The number of nitrogens with zero attached hydrogens (tertiary/aromatic N) is 2. The highest BCUT2D eigenvalue weighted by Crippen LogP contribution is 2.29. The summed E-state index contributed by atoms with van der Waals surface area (Å²) < 4.78 is 0. The minimum Gasteiger partial charge on any atom is -0.340 e. The first-order valence-electron chi connectivity index (χ1n) is 11.3. The van der Waals surface area contributed by atoms with Gasteiger partial charge in [0.25, 0.3) is 5.91 Å². The van der Waals surface area contributed by atoms with Crippen molar-refractivity contribution in [2.75, 3.05) is 11.9 Å². The van der Waals surface area contributed by atoms with Crippen molar-refractivity contribution in [1.29, 1.82) is 0 Å². The van der Waals surface area contributed by atoms with Gasteiger partial charge in [-0.05, 0) is 30.5 Å². The van der Waals surface area contributed by atoms with Gasteiger partial charge >= 0.3 is 0 Å². The summed E-state index contributed by atoms with van der Waals surface area (Å²) in [5, 5.41) is 6.44. The summed E-state index contributed by atoms with van der Waals surface area (Å²) >= 11 is 1.53. The normalized spacial score (nSPS) is 14.5. The molecule has 3 aromatic rings. The summed E-state index contributed by atoms with van der Waals surface area (Å²) in [5.74, 6) is -0.546. The number of carbonyl (C=O) groups is 2. The van der Waals surface area contributed by atoms with E-state index >= 15 is 0 Å². The van der Waals surface area contributed by atoms with Gasteiger partial charge in [0.1, 0.15) is 6.04 Å². The molecule has 0 fully saturated rings. The average molecular weight is 463 g/mol. The molecule has 6 nitrogen and oxygen atoms in total. The smallest absolute Gasteiger partial charge is 0.251 e. The molecule has 0 radical (unpaired) electrons. The van der Waals surface area contributed by atoms with Crippen molar-refractivity contribution in [2.24, 2.45) is 5.92 Å². The Balaban J connectivity index is 1.40. The highest BCUT2D eigenvalue weighted by atomic mass is 32.1. The van der Waals surface area contributed by atoms with E-state index in [0.717, 1.165) is 37.3 Å². The van der Waals surface area contributed by atoms with Crippen LogP contribution in [0.5, 0.6) is 0 Å². The van der Waals surface area contributed by atoms with Crippen molar-refractivity contribution in [2.45, 2.75) is 46.3 Å². The quantitative estimate of drug-likeness (QED) is 0.546. The molecule has 2 aromatic carbocycles. The molecule has 1 aromatic heterocycles. The fraction of sp³-hybridized carbons (Fsp3) is 0.346. The molecule has 0 spiro atoms. The van der Waals surface area contributed by atoms with E-state index in [1.165, 1.54) is 21.8 Å². The van der Waals surface area contributed by atoms with Crippen LogP contribution in [0.15, 0.2) is 54.6 Å². The number of hydrogen-bond acceptors (Lipinski definition) is 5. The number of hydrogen-bond donors (Lipinski definition) is 2. The number of rotatable bonds is 7. The van der Waals surface area contributed by atoms with Gasteiger partial charge in [0.05, 0.1) is 5.69 Å². The molecule has 0 saturated heterocycles. The maximum atomic E-state index is 13.0. The fourth-order valence-corrected chi connectivity index (χ4v) is 5.06. The Kier molecular flexibility index (Phi) is 7.20.